The maximum Gasteiger partial charge on any atom is 0.319 e. The Balaban J connectivity index is 1.71. The van der Waals surface area contributed by atoms with Crippen molar-refractivity contribution in [3.05, 3.63) is 30.5 Å². The van der Waals surface area contributed by atoms with Crippen molar-refractivity contribution in [2.75, 3.05) is 36.5 Å². The minimum atomic E-state index is -0.224. The molecule has 1 aromatic carbocycles. The molecule has 2 aromatic heterocycles. The second kappa shape index (κ2) is 8.66. The third kappa shape index (κ3) is 3.93. The molecule has 3 heterocycles. The van der Waals surface area contributed by atoms with E-state index >= 15 is 0 Å². The van der Waals surface area contributed by atoms with Crippen LogP contribution in [-0.2, 0) is 11.8 Å². The first kappa shape index (κ1) is 20.1. The average molecular weight is 409 g/mol. The number of anilines is 2. The van der Waals surface area contributed by atoms with Gasteiger partial charge in [-0.1, -0.05) is 6.92 Å². The highest BCUT2D eigenvalue weighted by Crippen LogP contribution is 2.30. The Morgan fingerprint density at radius 2 is 2.03 bits per heavy atom. The molecule has 0 unspecified atom stereocenters. The monoisotopic (exact) mass is 409 g/mol. The van der Waals surface area contributed by atoms with Gasteiger partial charge in [-0.25, -0.2) is 14.8 Å². The lowest BCUT2D eigenvalue weighted by Crippen LogP contribution is -2.45. The lowest BCUT2D eigenvalue weighted by Gasteiger charge is -2.36. The van der Waals surface area contributed by atoms with Gasteiger partial charge in [-0.3, -0.25) is 4.68 Å². The van der Waals surface area contributed by atoms with Gasteiger partial charge < -0.3 is 20.3 Å². The summed E-state index contributed by atoms with van der Waals surface area (Å²) in [5.74, 6) is 1.52. The Morgan fingerprint density at radius 1 is 1.23 bits per heavy atom. The number of nitrogens with one attached hydrogen (secondary N) is 2. The molecule has 0 spiro atoms. The van der Waals surface area contributed by atoms with Gasteiger partial charge in [0.25, 0.3) is 0 Å². The number of hydrogen-bond donors (Lipinski definition) is 2. The topological polar surface area (TPSA) is 97.2 Å². The van der Waals surface area contributed by atoms with Crippen LogP contribution in [0.2, 0.25) is 0 Å². The summed E-state index contributed by atoms with van der Waals surface area (Å²) in [5, 5.41) is 9.92. The summed E-state index contributed by atoms with van der Waals surface area (Å²) in [6.45, 7) is 6.76. The maximum absolute atomic E-state index is 11.7. The first-order valence-electron chi connectivity index (χ1n) is 10.3. The quantitative estimate of drug-likeness (QED) is 0.673. The molecule has 0 bridgehead atoms. The van der Waals surface area contributed by atoms with Crippen molar-refractivity contribution in [3.8, 4) is 11.4 Å². The smallest absolute Gasteiger partial charge is 0.319 e. The van der Waals surface area contributed by atoms with Gasteiger partial charge >= 0.3 is 6.03 Å². The normalized spacial score (nSPS) is 16.6. The Bertz CT molecular complexity index is 1030. The van der Waals surface area contributed by atoms with Gasteiger partial charge in [0.15, 0.2) is 11.6 Å². The molecule has 9 heteroatoms. The minimum absolute atomic E-state index is 0.224. The van der Waals surface area contributed by atoms with E-state index in [2.05, 4.69) is 27.6 Å². The van der Waals surface area contributed by atoms with Crippen LogP contribution in [0.1, 0.15) is 20.3 Å². The molecule has 3 aromatic rings. The van der Waals surface area contributed by atoms with Crippen molar-refractivity contribution < 1.29 is 9.53 Å². The molecule has 30 heavy (non-hydrogen) atoms. The fourth-order valence-electron chi connectivity index (χ4n) is 3.70. The molecule has 0 saturated carbocycles. The van der Waals surface area contributed by atoms with Crippen LogP contribution in [0.15, 0.2) is 30.5 Å². The minimum Gasteiger partial charge on any atom is -0.377 e. The predicted octanol–water partition coefficient (Wildman–Crippen LogP) is 2.79. The highest BCUT2D eigenvalue weighted by Gasteiger charge is 2.26. The Hall–Kier alpha value is -3.20. The molecule has 1 aliphatic rings. The molecule has 1 atom stereocenters. The fourth-order valence-corrected chi connectivity index (χ4v) is 3.70. The molecule has 2 N–H and O–H groups in total. The molecule has 9 nitrogen and oxygen atoms in total. The number of nitrogens with zero attached hydrogens (tertiary/aromatic N) is 5. The second-order valence-corrected chi connectivity index (χ2v) is 7.27. The summed E-state index contributed by atoms with van der Waals surface area (Å²) >= 11 is 0. The Morgan fingerprint density at radius 3 is 2.77 bits per heavy atom. The highest BCUT2D eigenvalue weighted by atomic mass is 16.5. The fraction of sp³-hybridized carbons (Fsp3) is 0.429. The van der Waals surface area contributed by atoms with Gasteiger partial charge in [0, 0.05) is 31.4 Å². The van der Waals surface area contributed by atoms with Crippen LogP contribution in [0.4, 0.5) is 16.3 Å². The zero-order valence-corrected chi connectivity index (χ0v) is 17.6. The van der Waals surface area contributed by atoms with E-state index in [9.17, 15) is 4.79 Å². The van der Waals surface area contributed by atoms with Crippen LogP contribution in [0.25, 0.3) is 22.4 Å². The van der Waals surface area contributed by atoms with E-state index in [1.165, 1.54) is 0 Å². The molecule has 0 aliphatic carbocycles. The zero-order valence-electron chi connectivity index (χ0n) is 17.6. The number of carbonyl (C=O) groups is 1. The van der Waals surface area contributed by atoms with Crippen LogP contribution in [0.5, 0.6) is 0 Å². The zero-order chi connectivity index (χ0) is 21.1. The van der Waals surface area contributed by atoms with Crippen molar-refractivity contribution in [1.82, 2.24) is 25.1 Å². The summed E-state index contributed by atoms with van der Waals surface area (Å²) in [5.41, 5.74) is 3.33. The summed E-state index contributed by atoms with van der Waals surface area (Å²) in [6, 6.07) is 7.58. The molecule has 1 saturated heterocycles. The number of ether oxygens (including phenoxy) is 1. The SMILES string of the molecule is CCNC(=O)Nc1ccc(-c2nc(N3CCOC[C@@H]3CC)c3c(cnn3C)n2)cc1. The average Bonchev–Trinajstić information content (AvgIpc) is 3.14. The molecule has 0 radical (unpaired) electrons. The summed E-state index contributed by atoms with van der Waals surface area (Å²) in [6.07, 6.45) is 2.75. The molecule has 4 rings (SSSR count). The van der Waals surface area contributed by atoms with Gasteiger partial charge in [-0.15, -0.1) is 0 Å². The molecule has 1 aliphatic heterocycles. The van der Waals surface area contributed by atoms with Gasteiger partial charge in [0.05, 0.1) is 25.5 Å². The van der Waals surface area contributed by atoms with E-state index in [4.69, 9.17) is 14.7 Å². The third-order valence-electron chi connectivity index (χ3n) is 5.28. The predicted molar refractivity (Wildman–Crippen MR) is 117 cm³/mol. The van der Waals surface area contributed by atoms with Gasteiger partial charge in [0.1, 0.15) is 11.0 Å². The molecular weight excluding hydrogens is 382 g/mol. The largest absolute Gasteiger partial charge is 0.377 e. The van der Waals surface area contributed by atoms with E-state index in [0.717, 1.165) is 35.4 Å². The molecule has 1 fully saturated rings. The lowest BCUT2D eigenvalue weighted by molar-refractivity contribution is 0.0927. The Labute approximate surface area is 175 Å². The number of rotatable bonds is 5. The van der Waals surface area contributed by atoms with Crippen LogP contribution in [0.3, 0.4) is 0 Å². The number of morpholine rings is 1. The summed E-state index contributed by atoms with van der Waals surface area (Å²) in [4.78, 5) is 23.7. The number of aryl methyl sites for hydroxylation is 1. The number of aromatic nitrogens is 4. The maximum atomic E-state index is 11.7. The van der Waals surface area contributed by atoms with E-state index in [-0.39, 0.29) is 12.1 Å². The van der Waals surface area contributed by atoms with Gasteiger partial charge in [-0.2, -0.15) is 5.10 Å². The van der Waals surface area contributed by atoms with Crippen molar-refractivity contribution in [2.45, 2.75) is 26.3 Å². The van der Waals surface area contributed by atoms with Gasteiger partial charge in [0.2, 0.25) is 0 Å². The van der Waals surface area contributed by atoms with Crippen molar-refractivity contribution in [2.24, 2.45) is 7.05 Å². The van der Waals surface area contributed by atoms with Crippen molar-refractivity contribution in [3.63, 3.8) is 0 Å². The number of amides is 2. The van der Waals surface area contributed by atoms with E-state index in [1.807, 2.05) is 42.9 Å². The lowest BCUT2D eigenvalue weighted by atomic mass is 10.1. The first-order chi connectivity index (χ1) is 14.6. The molecule has 158 valence electrons. The second-order valence-electron chi connectivity index (χ2n) is 7.27. The summed E-state index contributed by atoms with van der Waals surface area (Å²) < 4.78 is 7.51. The van der Waals surface area contributed by atoms with Crippen molar-refractivity contribution >= 4 is 28.6 Å². The number of carbonyl (C=O) groups excluding carboxylic acids is 1. The van der Waals surface area contributed by atoms with Gasteiger partial charge in [-0.05, 0) is 37.6 Å². The van der Waals surface area contributed by atoms with Crippen LogP contribution in [-0.4, -0.2) is 58.1 Å². The van der Waals surface area contributed by atoms with E-state index in [0.29, 0.717) is 31.3 Å². The molecular formula is C21H27N7O2. The number of fused-ring (bicyclic) bond motifs is 1. The highest BCUT2D eigenvalue weighted by molar-refractivity contribution is 5.90. The van der Waals surface area contributed by atoms with E-state index < -0.39 is 0 Å². The van der Waals surface area contributed by atoms with E-state index in [1.54, 1.807) is 6.20 Å². The number of hydrogen-bond acceptors (Lipinski definition) is 6. The number of benzene rings is 1. The number of urea groups is 1. The summed E-state index contributed by atoms with van der Waals surface area (Å²) in [7, 11) is 1.91. The molecule has 2 amide bonds. The standard InChI is InChI=1S/C21H27N7O2/c1-4-16-13-30-11-10-28(16)20-18-17(12-23-27(18)3)25-19(26-20)14-6-8-15(9-7-14)24-21(29)22-5-2/h6-9,12,16H,4-5,10-11,13H2,1-3H3,(H2,22,24,29)/t16-/m0/s1. The van der Waals surface area contributed by atoms with Crippen molar-refractivity contribution in [1.29, 1.82) is 0 Å². The van der Waals surface area contributed by atoms with Crippen LogP contribution in [0, 0.1) is 0 Å². The first-order valence-corrected chi connectivity index (χ1v) is 10.3. The van der Waals surface area contributed by atoms with Crippen LogP contribution < -0.4 is 15.5 Å². The Kier molecular flexibility index (Phi) is 5.80. The van der Waals surface area contributed by atoms with Crippen LogP contribution >= 0.6 is 0 Å². The third-order valence-corrected chi connectivity index (χ3v) is 5.28.